The third-order valence-electron chi connectivity index (χ3n) is 1.91. The molecular formula is C10H11BrN2. The molecular weight excluding hydrogens is 228 g/mol. The van der Waals surface area contributed by atoms with Crippen LogP contribution in [0.25, 0.3) is 0 Å². The van der Waals surface area contributed by atoms with Gasteiger partial charge in [-0.15, -0.1) is 0 Å². The Balaban J connectivity index is 3.46. The topological polar surface area (TPSA) is 49.8 Å². The highest BCUT2D eigenvalue weighted by Crippen LogP contribution is 2.30. The van der Waals surface area contributed by atoms with Gasteiger partial charge in [0.2, 0.25) is 0 Å². The van der Waals surface area contributed by atoms with Crippen LogP contribution in [-0.4, -0.2) is 0 Å². The smallest absolute Gasteiger partial charge is 0.102 e. The SMILES string of the molecule is CC(C)c1c(Br)ccc(N)c1C#N. The minimum Gasteiger partial charge on any atom is -0.398 e. The van der Waals surface area contributed by atoms with E-state index in [0.29, 0.717) is 17.2 Å². The van der Waals surface area contributed by atoms with Gasteiger partial charge in [0.1, 0.15) is 6.07 Å². The van der Waals surface area contributed by atoms with Crippen LogP contribution in [0.4, 0.5) is 5.69 Å². The Bertz CT molecular complexity index is 364. The maximum atomic E-state index is 8.92. The van der Waals surface area contributed by atoms with Crippen LogP contribution in [0.2, 0.25) is 0 Å². The van der Waals surface area contributed by atoms with Crippen molar-refractivity contribution in [3.8, 4) is 6.07 Å². The lowest BCUT2D eigenvalue weighted by Crippen LogP contribution is -1.99. The highest BCUT2D eigenvalue weighted by molar-refractivity contribution is 9.10. The highest BCUT2D eigenvalue weighted by Gasteiger charge is 2.12. The van der Waals surface area contributed by atoms with Crippen molar-refractivity contribution in [1.29, 1.82) is 5.26 Å². The van der Waals surface area contributed by atoms with Gasteiger partial charge in [0.15, 0.2) is 0 Å². The molecule has 1 rings (SSSR count). The lowest BCUT2D eigenvalue weighted by molar-refractivity contribution is 0.857. The number of nitrogen functional groups attached to an aromatic ring is 1. The molecule has 0 fully saturated rings. The molecule has 0 bridgehead atoms. The van der Waals surface area contributed by atoms with E-state index in [4.69, 9.17) is 11.0 Å². The van der Waals surface area contributed by atoms with Crippen molar-refractivity contribution in [2.75, 3.05) is 5.73 Å². The molecule has 0 radical (unpaired) electrons. The Kier molecular flexibility index (Phi) is 2.94. The Morgan fingerprint density at radius 3 is 2.46 bits per heavy atom. The lowest BCUT2D eigenvalue weighted by Gasteiger charge is -2.11. The van der Waals surface area contributed by atoms with E-state index in [1.54, 1.807) is 6.07 Å². The molecule has 0 aliphatic carbocycles. The summed E-state index contributed by atoms with van der Waals surface area (Å²) in [4.78, 5) is 0. The lowest BCUT2D eigenvalue weighted by atomic mass is 9.97. The molecule has 0 heterocycles. The Hall–Kier alpha value is -1.01. The van der Waals surface area contributed by atoms with E-state index in [2.05, 4.69) is 22.0 Å². The van der Waals surface area contributed by atoms with Crippen LogP contribution in [0.15, 0.2) is 16.6 Å². The molecule has 13 heavy (non-hydrogen) atoms. The molecule has 2 N–H and O–H groups in total. The molecule has 0 saturated heterocycles. The third kappa shape index (κ3) is 1.84. The van der Waals surface area contributed by atoms with Gasteiger partial charge in [-0.1, -0.05) is 29.8 Å². The number of rotatable bonds is 1. The molecule has 0 atom stereocenters. The number of halogens is 1. The first kappa shape index (κ1) is 10.1. The molecule has 1 aromatic carbocycles. The largest absolute Gasteiger partial charge is 0.398 e. The van der Waals surface area contributed by atoms with E-state index in [1.807, 2.05) is 19.9 Å². The summed E-state index contributed by atoms with van der Waals surface area (Å²) in [7, 11) is 0. The zero-order valence-corrected chi connectivity index (χ0v) is 9.22. The average Bonchev–Trinajstić information content (AvgIpc) is 2.07. The zero-order chi connectivity index (χ0) is 10.0. The van der Waals surface area contributed by atoms with Crippen LogP contribution >= 0.6 is 15.9 Å². The minimum absolute atomic E-state index is 0.299. The molecule has 2 nitrogen and oxygen atoms in total. The van der Waals surface area contributed by atoms with E-state index in [-0.39, 0.29) is 0 Å². The van der Waals surface area contributed by atoms with Gasteiger partial charge in [0, 0.05) is 10.2 Å². The van der Waals surface area contributed by atoms with Crippen molar-refractivity contribution < 1.29 is 0 Å². The second-order valence-corrected chi connectivity index (χ2v) is 4.05. The first-order valence-electron chi connectivity index (χ1n) is 4.06. The molecule has 0 saturated carbocycles. The van der Waals surface area contributed by atoms with Crippen molar-refractivity contribution in [3.05, 3.63) is 27.7 Å². The summed E-state index contributed by atoms with van der Waals surface area (Å²) in [6, 6.07) is 5.76. The maximum Gasteiger partial charge on any atom is 0.102 e. The van der Waals surface area contributed by atoms with Crippen molar-refractivity contribution >= 4 is 21.6 Å². The van der Waals surface area contributed by atoms with Gasteiger partial charge >= 0.3 is 0 Å². The fourth-order valence-corrected chi connectivity index (χ4v) is 2.09. The Morgan fingerprint density at radius 1 is 1.46 bits per heavy atom. The molecule has 0 aliphatic heterocycles. The summed E-state index contributed by atoms with van der Waals surface area (Å²) >= 11 is 3.42. The van der Waals surface area contributed by atoms with E-state index in [0.717, 1.165) is 10.0 Å². The standard InChI is InChI=1S/C10H11BrN2/c1-6(2)10-7(5-12)9(13)4-3-8(10)11/h3-4,6H,13H2,1-2H3. The Labute approximate surface area is 86.5 Å². The van der Waals surface area contributed by atoms with Crippen LogP contribution < -0.4 is 5.73 Å². The first-order chi connectivity index (χ1) is 6.07. The first-order valence-corrected chi connectivity index (χ1v) is 4.85. The average molecular weight is 239 g/mol. The number of hydrogen-bond donors (Lipinski definition) is 1. The second kappa shape index (κ2) is 3.80. The molecule has 0 aromatic heterocycles. The van der Waals surface area contributed by atoms with Gasteiger partial charge in [0.25, 0.3) is 0 Å². The summed E-state index contributed by atoms with van der Waals surface area (Å²) in [5.74, 6) is 0.299. The van der Waals surface area contributed by atoms with Crippen LogP contribution in [0.5, 0.6) is 0 Å². The van der Waals surface area contributed by atoms with Crippen molar-refractivity contribution in [1.82, 2.24) is 0 Å². The molecule has 1 aromatic rings. The molecule has 3 heteroatoms. The molecule has 0 amide bonds. The van der Waals surface area contributed by atoms with E-state index >= 15 is 0 Å². The summed E-state index contributed by atoms with van der Waals surface area (Å²) in [5, 5.41) is 8.92. The summed E-state index contributed by atoms with van der Waals surface area (Å²) in [6.45, 7) is 4.08. The van der Waals surface area contributed by atoms with Crippen LogP contribution in [-0.2, 0) is 0 Å². The fourth-order valence-electron chi connectivity index (χ4n) is 1.30. The van der Waals surface area contributed by atoms with Crippen LogP contribution in [0.1, 0.15) is 30.9 Å². The van der Waals surface area contributed by atoms with Gasteiger partial charge in [-0.2, -0.15) is 5.26 Å². The van der Waals surface area contributed by atoms with Crippen molar-refractivity contribution in [3.63, 3.8) is 0 Å². The highest BCUT2D eigenvalue weighted by atomic mass is 79.9. The molecule has 0 unspecified atom stereocenters. The number of nitriles is 1. The van der Waals surface area contributed by atoms with Gasteiger partial charge in [-0.05, 0) is 23.6 Å². The van der Waals surface area contributed by atoms with Crippen LogP contribution in [0.3, 0.4) is 0 Å². The van der Waals surface area contributed by atoms with Crippen molar-refractivity contribution in [2.24, 2.45) is 0 Å². The third-order valence-corrected chi connectivity index (χ3v) is 2.61. The van der Waals surface area contributed by atoms with Gasteiger partial charge in [-0.3, -0.25) is 0 Å². The molecule has 0 aliphatic rings. The monoisotopic (exact) mass is 238 g/mol. The zero-order valence-electron chi connectivity index (χ0n) is 7.63. The number of hydrogen-bond acceptors (Lipinski definition) is 2. The summed E-state index contributed by atoms with van der Waals surface area (Å²) in [5.41, 5.74) is 7.82. The number of anilines is 1. The predicted octanol–water partition coefficient (Wildman–Crippen LogP) is 3.03. The minimum atomic E-state index is 0.299. The van der Waals surface area contributed by atoms with E-state index in [9.17, 15) is 0 Å². The summed E-state index contributed by atoms with van der Waals surface area (Å²) < 4.78 is 0.952. The number of nitrogens with two attached hydrogens (primary N) is 1. The predicted molar refractivity (Wildman–Crippen MR) is 57.4 cm³/mol. The van der Waals surface area contributed by atoms with Crippen LogP contribution in [0, 0.1) is 11.3 Å². The van der Waals surface area contributed by atoms with E-state index in [1.165, 1.54) is 0 Å². The quantitative estimate of drug-likeness (QED) is 0.765. The van der Waals surface area contributed by atoms with Gasteiger partial charge in [0.05, 0.1) is 5.56 Å². The maximum absolute atomic E-state index is 8.92. The van der Waals surface area contributed by atoms with Gasteiger partial charge in [-0.25, -0.2) is 0 Å². The fraction of sp³-hybridized carbons (Fsp3) is 0.300. The number of nitrogens with zero attached hydrogens (tertiary/aromatic N) is 1. The molecule has 68 valence electrons. The normalized spacial score (nSPS) is 10.1. The van der Waals surface area contributed by atoms with E-state index < -0.39 is 0 Å². The van der Waals surface area contributed by atoms with Gasteiger partial charge < -0.3 is 5.73 Å². The van der Waals surface area contributed by atoms with Crippen molar-refractivity contribution in [2.45, 2.75) is 19.8 Å². The number of benzene rings is 1. The molecule has 0 spiro atoms. The Morgan fingerprint density at radius 2 is 2.08 bits per heavy atom. The second-order valence-electron chi connectivity index (χ2n) is 3.19. The summed E-state index contributed by atoms with van der Waals surface area (Å²) in [6.07, 6.45) is 0.